The Morgan fingerprint density at radius 2 is 1.50 bits per heavy atom. The van der Waals surface area contributed by atoms with Gasteiger partial charge >= 0.3 is 0 Å². The van der Waals surface area contributed by atoms with Crippen molar-refractivity contribution in [1.82, 2.24) is 5.32 Å². The number of sulfonamides is 1. The van der Waals surface area contributed by atoms with Crippen LogP contribution in [-0.4, -0.2) is 14.3 Å². The summed E-state index contributed by atoms with van der Waals surface area (Å²) < 4.78 is 53.4. The van der Waals surface area contributed by atoms with Gasteiger partial charge in [-0.3, -0.25) is 9.52 Å². The number of rotatable bonds is 6. The van der Waals surface area contributed by atoms with E-state index in [0.29, 0.717) is 5.56 Å². The molecule has 3 aromatic rings. The van der Waals surface area contributed by atoms with Gasteiger partial charge in [-0.1, -0.05) is 23.7 Å². The Morgan fingerprint density at radius 3 is 2.10 bits per heavy atom. The molecule has 0 fully saturated rings. The number of anilines is 1. The lowest BCUT2D eigenvalue weighted by molar-refractivity contribution is 0.0940. The largest absolute Gasteiger partial charge is 0.346 e. The Morgan fingerprint density at radius 1 is 0.933 bits per heavy atom. The summed E-state index contributed by atoms with van der Waals surface area (Å²) in [5.41, 5.74) is 0.879. The van der Waals surface area contributed by atoms with Gasteiger partial charge in [-0.2, -0.15) is 0 Å². The summed E-state index contributed by atoms with van der Waals surface area (Å²) in [6, 6.07) is 13.7. The molecular weight excluding hydrogens is 434 g/mol. The third kappa shape index (κ3) is 5.14. The van der Waals surface area contributed by atoms with E-state index in [-0.39, 0.29) is 27.0 Å². The lowest BCUT2D eigenvalue weighted by Crippen LogP contribution is -2.26. The molecular formula is C21H17ClF2N2O3S. The highest BCUT2D eigenvalue weighted by molar-refractivity contribution is 7.92. The second-order valence-electron chi connectivity index (χ2n) is 6.50. The molecule has 0 saturated heterocycles. The molecule has 0 unspecified atom stereocenters. The van der Waals surface area contributed by atoms with Crippen LogP contribution in [0.15, 0.2) is 71.6 Å². The normalized spacial score (nSPS) is 12.3. The third-order valence-corrected chi connectivity index (χ3v) is 6.03. The Labute approximate surface area is 177 Å². The average Bonchev–Trinajstić information content (AvgIpc) is 2.70. The van der Waals surface area contributed by atoms with E-state index in [2.05, 4.69) is 10.0 Å². The second kappa shape index (κ2) is 8.81. The van der Waals surface area contributed by atoms with Crippen LogP contribution >= 0.6 is 11.6 Å². The minimum atomic E-state index is -4.03. The van der Waals surface area contributed by atoms with Gasteiger partial charge in [0.05, 0.1) is 21.6 Å². The van der Waals surface area contributed by atoms with Crippen LogP contribution in [0.4, 0.5) is 14.5 Å². The van der Waals surface area contributed by atoms with Crippen molar-refractivity contribution in [3.63, 3.8) is 0 Å². The summed E-state index contributed by atoms with van der Waals surface area (Å²) in [6.07, 6.45) is 0. The van der Waals surface area contributed by atoms with Crippen molar-refractivity contribution < 1.29 is 22.0 Å². The zero-order chi connectivity index (χ0) is 21.9. The van der Waals surface area contributed by atoms with Gasteiger partial charge in [0.2, 0.25) is 0 Å². The first-order valence-corrected chi connectivity index (χ1v) is 10.7. The van der Waals surface area contributed by atoms with Crippen molar-refractivity contribution in [1.29, 1.82) is 0 Å². The van der Waals surface area contributed by atoms with Crippen LogP contribution in [0.5, 0.6) is 0 Å². The van der Waals surface area contributed by atoms with Gasteiger partial charge < -0.3 is 5.32 Å². The Bertz CT molecular complexity index is 1170. The van der Waals surface area contributed by atoms with Crippen molar-refractivity contribution in [2.75, 3.05) is 4.72 Å². The number of halogens is 3. The predicted octanol–water partition coefficient (Wildman–Crippen LogP) is 4.91. The number of hydrogen-bond donors (Lipinski definition) is 2. The van der Waals surface area contributed by atoms with Crippen LogP contribution in [0.1, 0.15) is 28.9 Å². The predicted molar refractivity (Wildman–Crippen MR) is 111 cm³/mol. The molecule has 2 N–H and O–H groups in total. The van der Waals surface area contributed by atoms with E-state index >= 15 is 0 Å². The van der Waals surface area contributed by atoms with Gasteiger partial charge in [-0.05, 0) is 67.1 Å². The lowest BCUT2D eigenvalue weighted by atomic mass is 10.1. The molecule has 0 aromatic heterocycles. The molecule has 0 aliphatic heterocycles. The smallest absolute Gasteiger partial charge is 0.261 e. The molecule has 0 saturated carbocycles. The fourth-order valence-corrected chi connectivity index (χ4v) is 3.97. The maximum Gasteiger partial charge on any atom is 0.261 e. The zero-order valence-corrected chi connectivity index (χ0v) is 17.3. The molecule has 0 bridgehead atoms. The molecule has 1 amide bonds. The first kappa shape index (κ1) is 21.7. The molecule has 3 rings (SSSR count). The summed E-state index contributed by atoms with van der Waals surface area (Å²) in [7, 11) is -4.03. The minimum Gasteiger partial charge on any atom is -0.346 e. The Balaban J connectivity index is 1.79. The van der Waals surface area contributed by atoms with Gasteiger partial charge in [-0.15, -0.1) is 0 Å². The summed E-state index contributed by atoms with van der Waals surface area (Å²) in [6.45, 7) is 1.74. The Hall–Kier alpha value is -2.97. The van der Waals surface area contributed by atoms with Gasteiger partial charge in [0.1, 0.15) is 11.6 Å². The maximum atomic E-state index is 13.1. The molecule has 1 atom stereocenters. The maximum absolute atomic E-state index is 13.1. The van der Waals surface area contributed by atoms with Crippen LogP contribution in [-0.2, 0) is 10.0 Å². The first-order chi connectivity index (χ1) is 14.2. The molecule has 30 heavy (non-hydrogen) atoms. The van der Waals surface area contributed by atoms with E-state index in [0.717, 1.165) is 24.3 Å². The van der Waals surface area contributed by atoms with Gasteiger partial charge in [0.25, 0.3) is 15.9 Å². The number of carbonyl (C=O) groups excluding carboxylic acids is 1. The molecule has 0 heterocycles. The minimum absolute atomic E-state index is 0.00285. The quantitative estimate of drug-likeness (QED) is 0.560. The average molecular weight is 451 g/mol. The van der Waals surface area contributed by atoms with E-state index in [9.17, 15) is 22.0 Å². The molecule has 156 valence electrons. The van der Waals surface area contributed by atoms with Gasteiger partial charge in [-0.25, -0.2) is 17.2 Å². The topological polar surface area (TPSA) is 75.3 Å². The summed E-state index contributed by atoms with van der Waals surface area (Å²) in [4.78, 5) is 12.4. The molecule has 3 aromatic carbocycles. The molecule has 0 aliphatic rings. The third-order valence-electron chi connectivity index (χ3n) is 4.31. The fourth-order valence-electron chi connectivity index (χ4n) is 2.68. The van der Waals surface area contributed by atoms with Crippen molar-refractivity contribution in [3.05, 3.63) is 94.5 Å². The van der Waals surface area contributed by atoms with E-state index in [1.54, 1.807) is 19.1 Å². The molecule has 5 nitrogen and oxygen atoms in total. The SMILES string of the molecule is C[C@@H](NC(=O)c1ccc(Cl)c(NS(=O)(=O)c2ccc(F)cc2)c1)c1ccc(F)cc1. The van der Waals surface area contributed by atoms with Crippen molar-refractivity contribution in [2.24, 2.45) is 0 Å². The van der Waals surface area contributed by atoms with E-state index in [4.69, 9.17) is 11.6 Å². The zero-order valence-electron chi connectivity index (χ0n) is 15.7. The van der Waals surface area contributed by atoms with Crippen LogP contribution in [0.2, 0.25) is 5.02 Å². The fraction of sp³-hybridized carbons (Fsp3) is 0.0952. The lowest BCUT2D eigenvalue weighted by Gasteiger charge is -2.16. The first-order valence-electron chi connectivity index (χ1n) is 8.80. The van der Waals surface area contributed by atoms with Crippen molar-refractivity contribution in [3.8, 4) is 0 Å². The van der Waals surface area contributed by atoms with Gasteiger partial charge in [0, 0.05) is 5.56 Å². The van der Waals surface area contributed by atoms with Gasteiger partial charge in [0.15, 0.2) is 0 Å². The summed E-state index contributed by atoms with van der Waals surface area (Å²) in [5.74, 6) is -1.42. The Kier molecular flexibility index (Phi) is 6.38. The highest BCUT2D eigenvalue weighted by Gasteiger charge is 2.18. The van der Waals surface area contributed by atoms with Crippen LogP contribution < -0.4 is 10.0 Å². The molecule has 9 heteroatoms. The second-order valence-corrected chi connectivity index (χ2v) is 8.59. The summed E-state index contributed by atoms with van der Waals surface area (Å²) in [5, 5.41) is 2.84. The number of nitrogens with one attached hydrogen (secondary N) is 2. The number of carbonyl (C=O) groups is 1. The highest BCUT2D eigenvalue weighted by atomic mass is 35.5. The molecule has 0 radical (unpaired) electrons. The van der Waals surface area contributed by atoms with Crippen LogP contribution in [0.25, 0.3) is 0 Å². The van der Waals surface area contributed by atoms with Crippen LogP contribution in [0.3, 0.4) is 0 Å². The van der Waals surface area contributed by atoms with Crippen molar-refractivity contribution >= 4 is 33.2 Å². The number of hydrogen-bond acceptors (Lipinski definition) is 3. The van der Waals surface area contributed by atoms with E-state index < -0.39 is 27.8 Å². The summed E-state index contributed by atoms with van der Waals surface area (Å²) >= 11 is 6.08. The standard InChI is InChI=1S/C21H17ClF2N2O3S/c1-13(14-2-5-16(23)6-3-14)25-21(27)15-4-11-19(22)20(12-15)26-30(28,29)18-9-7-17(24)8-10-18/h2-13,26H,1H3,(H,25,27)/t13-/m1/s1. The monoisotopic (exact) mass is 450 g/mol. The highest BCUT2D eigenvalue weighted by Crippen LogP contribution is 2.26. The number of amides is 1. The van der Waals surface area contributed by atoms with Crippen molar-refractivity contribution in [2.45, 2.75) is 17.9 Å². The van der Waals surface area contributed by atoms with E-state index in [1.807, 2.05) is 0 Å². The van der Waals surface area contributed by atoms with E-state index in [1.165, 1.54) is 30.3 Å². The number of benzene rings is 3. The molecule has 0 aliphatic carbocycles. The molecule has 0 spiro atoms. The van der Waals surface area contributed by atoms with Crippen LogP contribution in [0, 0.1) is 11.6 Å².